The molecule has 0 aliphatic rings. The highest BCUT2D eigenvalue weighted by Crippen LogP contribution is 2.21. The molecule has 2 aromatic heterocycles. The Morgan fingerprint density at radius 2 is 2.18 bits per heavy atom. The third-order valence-electron chi connectivity index (χ3n) is 3.35. The molecule has 22 heavy (non-hydrogen) atoms. The van der Waals surface area contributed by atoms with Crippen LogP contribution in [-0.4, -0.2) is 15.5 Å². The van der Waals surface area contributed by atoms with Crippen molar-refractivity contribution in [1.29, 1.82) is 0 Å². The van der Waals surface area contributed by atoms with Crippen molar-refractivity contribution in [3.8, 4) is 0 Å². The molecule has 3 rings (SSSR count). The van der Waals surface area contributed by atoms with Crippen molar-refractivity contribution in [2.24, 2.45) is 0 Å². The van der Waals surface area contributed by atoms with Gasteiger partial charge >= 0.3 is 0 Å². The quantitative estimate of drug-likeness (QED) is 0.680. The van der Waals surface area contributed by atoms with Gasteiger partial charge in [-0.15, -0.1) is 0 Å². The van der Waals surface area contributed by atoms with Gasteiger partial charge in [0.15, 0.2) is 5.15 Å². The first-order chi connectivity index (χ1) is 10.6. The van der Waals surface area contributed by atoms with Crippen molar-refractivity contribution in [3.63, 3.8) is 0 Å². The topological polar surface area (TPSA) is 46.9 Å². The van der Waals surface area contributed by atoms with Crippen LogP contribution in [0, 0.1) is 0 Å². The fourth-order valence-electron chi connectivity index (χ4n) is 2.28. The molecule has 2 heterocycles. The average molecular weight is 379 g/mol. The largest absolute Gasteiger partial charge is 0.347 e. The molecule has 1 amide bonds. The van der Waals surface area contributed by atoms with Crippen LogP contribution in [0.1, 0.15) is 6.42 Å². The summed E-state index contributed by atoms with van der Waals surface area (Å²) in [5, 5.41) is 4.22. The number of benzene rings is 1. The highest BCUT2D eigenvalue weighted by atomic mass is 79.9. The second kappa shape index (κ2) is 6.50. The van der Waals surface area contributed by atoms with E-state index in [2.05, 4.69) is 36.9 Å². The standard InChI is InChI=1S/C16H13BrClN3O/c17-12-3-4-14-11(10-12)5-8-21(14)9-6-15(22)20-13-2-1-7-19-16(13)18/h1-5,7-8,10H,6,9H2,(H,20,22). The molecule has 6 heteroatoms. The molecule has 0 unspecified atom stereocenters. The number of hydrogen-bond donors (Lipinski definition) is 1. The first-order valence-corrected chi connectivity index (χ1v) is 7.95. The van der Waals surface area contributed by atoms with Gasteiger partial charge in [0.1, 0.15) is 0 Å². The van der Waals surface area contributed by atoms with Gasteiger partial charge in [-0.3, -0.25) is 4.79 Å². The molecule has 4 nitrogen and oxygen atoms in total. The van der Waals surface area contributed by atoms with Crippen LogP contribution in [0.15, 0.2) is 53.3 Å². The Balaban J connectivity index is 1.66. The fraction of sp³-hybridized carbons (Fsp3) is 0.125. The van der Waals surface area contributed by atoms with Gasteiger partial charge in [-0.05, 0) is 36.4 Å². The molecule has 0 bridgehead atoms. The third-order valence-corrected chi connectivity index (χ3v) is 4.14. The minimum atomic E-state index is -0.0890. The maximum absolute atomic E-state index is 12.0. The Morgan fingerprint density at radius 3 is 3.00 bits per heavy atom. The number of pyridine rings is 1. The number of fused-ring (bicyclic) bond motifs is 1. The summed E-state index contributed by atoms with van der Waals surface area (Å²) < 4.78 is 3.10. The highest BCUT2D eigenvalue weighted by molar-refractivity contribution is 9.10. The van der Waals surface area contributed by atoms with Gasteiger partial charge in [-0.1, -0.05) is 27.5 Å². The van der Waals surface area contributed by atoms with Crippen LogP contribution >= 0.6 is 27.5 Å². The second-order valence-electron chi connectivity index (χ2n) is 4.85. The molecule has 0 atom stereocenters. The van der Waals surface area contributed by atoms with Crippen molar-refractivity contribution in [1.82, 2.24) is 9.55 Å². The number of hydrogen-bond acceptors (Lipinski definition) is 2. The van der Waals surface area contributed by atoms with Gasteiger partial charge in [0, 0.05) is 40.7 Å². The van der Waals surface area contributed by atoms with Crippen molar-refractivity contribution in [2.75, 3.05) is 5.32 Å². The lowest BCUT2D eigenvalue weighted by molar-refractivity contribution is -0.116. The number of halogens is 2. The third kappa shape index (κ3) is 3.31. The van der Waals surface area contributed by atoms with Crippen molar-refractivity contribution in [2.45, 2.75) is 13.0 Å². The van der Waals surface area contributed by atoms with Gasteiger partial charge < -0.3 is 9.88 Å². The van der Waals surface area contributed by atoms with Crippen molar-refractivity contribution >= 4 is 50.0 Å². The molecule has 0 radical (unpaired) electrons. The minimum absolute atomic E-state index is 0.0890. The lowest BCUT2D eigenvalue weighted by Gasteiger charge is -2.08. The molecule has 112 valence electrons. The Hall–Kier alpha value is -1.85. The Morgan fingerprint density at radius 1 is 1.32 bits per heavy atom. The van der Waals surface area contributed by atoms with E-state index < -0.39 is 0 Å². The van der Waals surface area contributed by atoms with Crippen LogP contribution in [0.4, 0.5) is 5.69 Å². The van der Waals surface area contributed by atoms with E-state index in [1.54, 1.807) is 18.3 Å². The van der Waals surface area contributed by atoms with E-state index in [0.29, 0.717) is 23.8 Å². The zero-order valence-corrected chi connectivity index (χ0v) is 13.9. The van der Waals surface area contributed by atoms with Crippen LogP contribution in [0.3, 0.4) is 0 Å². The van der Waals surface area contributed by atoms with E-state index >= 15 is 0 Å². The molecule has 1 N–H and O–H groups in total. The summed E-state index contributed by atoms with van der Waals surface area (Å²) in [6, 6.07) is 11.6. The molecule has 1 aromatic carbocycles. The number of amides is 1. The van der Waals surface area contributed by atoms with Crippen LogP contribution in [-0.2, 0) is 11.3 Å². The SMILES string of the molecule is O=C(CCn1ccc2cc(Br)ccc21)Nc1cccnc1Cl. The first kappa shape index (κ1) is 15.1. The molecule has 0 aliphatic heterocycles. The lowest BCUT2D eigenvalue weighted by Crippen LogP contribution is -2.14. The van der Waals surface area contributed by atoms with Crippen molar-refractivity contribution < 1.29 is 4.79 Å². The van der Waals surface area contributed by atoms with Gasteiger partial charge in [0.2, 0.25) is 5.91 Å². The number of nitrogens with zero attached hydrogens (tertiary/aromatic N) is 2. The zero-order valence-electron chi connectivity index (χ0n) is 11.6. The van der Waals surface area contributed by atoms with E-state index in [1.807, 2.05) is 24.4 Å². The van der Waals surface area contributed by atoms with Gasteiger partial charge in [0.25, 0.3) is 0 Å². The van der Waals surface area contributed by atoms with E-state index in [0.717, 1.165) is 15.4 Å². The van der Waals surface area contributed by atoms with Gasteiger partial charge in [-0.25, -0.2) is 4.98 Å². The Kier molecular flexibility index (Phi) is 4.45. The average Bonchev–Trinajstić information content (AvgIpc) is 2.89. The minimum Gasteiger partial charge on any atom is -0.347 e. The van der Waals surface area contributed by atoms with Crippen molar-refractivity contribution in [3.05, 3.63) is 58.4 Å². The predicted molar refractivity (Wildman–Crippen MR) is 92.1 cm³/mol. The zero-order chi connectivity index (χ0) is 15.5. The van der Waals surface area contributed by atoms with Gasteiger partial charge in [0.05, 0.1) is 5.69 Å². The Labute approximate surface area is 141 Å². The number of aromatic nitrogens is 2. The molecule has 0 fully saturated rings. The molecule has 0 spiro atoms. The molecule has 0 aliphatic carbocycles. The summed E-state index contributed by atoms with van der Waals surface area (Å²) in [6.45, 7) is 0.606. The molecular weight excluding hydrogens is 366 g/mol. The monoisotopic (exact) mass is 377 g/mol. The number of carbonyl (C=O) groups excluding carboxylic acids is 1. The molecule has 0 saturated heterocycles. The van der Waals surface area contributed by atoms with E-state index in [4.69, 9.17) is 11.6 Å². The molecular formula is C16H13BrClN3O. The number of carbonyl (C=O) groups is 1. The smallest absolute Gasteiger partial charge is 0.226 e. The fourth-order valence-corrected chi connectivity index (χ4v) is 2.83. The number of rotatable bonds is 4. The van der Waals surface area contributed by atoms with Crippen LogP contribution in [0.25, 0.3) is 10.9 Å². The lowest BCUT2D eigenvalue weighted by atomic mass is 10.2. The summed E-state index contributed by atoms with van der Waals surface area (Å²) >= 11 is 9.38. The van der Waals surface area contributed by atoms with Crippen LogP contribution in [0.5, 0.6) is 0 Å². The number of aryl methyl sites for hydroxylation is 1. The summed E-state index contributed by atoms with van der Waals surface area (Å²) in [5.41, 5.74) is 1.64. The Bertz CT molecular complexity index is 831. The first-order valence-electron chi connectivity index (χ1n) is 6.78. The maximum Gasteiger partial charge on any atom is 0.226 e. The number of nitrogens with one attached hydrogen (secondary N) is 1. The van der Waals surface area contributed by atoms with Crippen LogP contribution < -0.4 is 5.32 Å². The maximum atomic E-state index is 12.0. The van der Waals surface area contributed by atoms with E-state index in [-0.39, 0.29) is 5.91 Å². The van der Waals surface area contributed by atoms with E-state index in [9.17, 15) is 4.79 Å². The summed E-state index contributed by atoms with van der Waals surface area (Å²) in [4.78, 5) is 16.0. The summed E-state index contributed by atoms with van der Waals surface area (Å²) in [6.07, 6.45) is 3.94. The molecule has 0 saturated carbocycles. The van der Waals surface area contributed by atoms with Gasteiger partial charge in [-0.2, -0.15) is 0 Å². The second-order valence-corrected chi connectivity index (χ2v) is 6.13. The highest BCUT2D eigenvalue weighted by Gasteiger charge is 2.08. The predicted octanol–water partition coefficient (Wildman–Crippen LogP) is 4.48. The van der Waals surface area contributed by atoms with Crippen LogP contribution in [0.2, 0.25) is 5.15 Å². The summed E-state index contributed by atoms with van der Waals surface area (Å²) in [7, 11) is 0. The summed E-state index contributed by atoms with van der Waals surface area (Å²) in [5.74, 6) is -0.0890. The number of anilines is 1. The normalized spacial score (nSPS) is 10.8. The molecule has 3 aromatic rings. The van der Waals surface area contributed by atoms with E-state index in [1.165, 1.54) is 0 Å².